The molecule has 2 aromatic rings. The van der Waals surface area contributed by atoms with Gasteiger partial charge in [-0.2, -0.15) is 0 Å². The van der Waals surface area contributed by atoms with E-state index in [1.165, 1.54) is 17.2 Å². The lowest BCUT2D eigenvalue weighted by atomic mass is 10.0. The Balaban J connectivity index is 1.78. The molecule has 0 nitrogen and oxygen atoms in total. The molecular weight excluding hydrogens is 271 g/mol. The van der Waals surface area contributed by atoms with E-state index in [1.54, 1.807) is 12.1 Å². The van der Waals surface area contributed by atoms with Gasteiger partial charge in [0, 0.05) is 10.6 Å². The number of rotatable bonds is 4. The highest BCUT2D eigenvalue weighted by Gasteiger charge is 2.42. The van der Waals surface area contributed by atoms with E-state index in [9.17, 15) is 4.39 Å². The van der Waals surface area contributed by atoms with Gasteiger partial charge in [-0.3, -0.25) is 0 Å². The molecule has 0 bridgehead atoms. The summed E-state index contributed by atoms with van der Waals surface area (Å²) in [6, 6.07) is 13.7. The van der Waals surface area contributed by atoms with Gasteiger partial charge in [-0.1, -0.05) is 55.3 Å². The third-order valence-electron chi connectivity index (χ3n) is 4.11. The van der Waals surface area contributed by atoms with Crippen molar-refractivity contribution in [1.29, 1.82) is 0 Å². The summed E-state index contributed by atoms with van der Waals surface area (Å²) in [4.78, 5) is 0. The molecule has 2 aromatic carbocycles. The first-order valence-electron chi connectivity index (χ1n) is 7.23. The molecular formula is C18H18ClF. The Labute approximate surface area is 124 Å². The van der Waals surface area contributed by atoms with E-state index >= 15 is 0 Å². The predicted molar refractivity (Wildman–Crippen MR) is 81.9 cm³/mol. The number of halogens is 2. The largest absolute Gasteiger partial charge is 0.207 e. The molecule has 0 heterocycles. The van der Waals surface area contributed by atoms with Crippen molar-refractivity contribution in [1.82, 2.24) is 0 Å². The molecule has 2 heteroatoms. The van der Waals surface area contributed by atoms with E-state index < -0.39 is 0 Å². The second kappa shape index (κ2) is 5.57. The van der Waals surface area contributed by atoms with Crippen molar-refractivity contribution in [2.75, 3.05) is 0 Å². The zero-order valence-corrected chi connectivity index (χ0v) is 12.3. The normalized spacial score (nSPS) is 20.9. The average Bonchev–Trinajstić information content (AvgIpc) is 3.20. The third kappa shape index (κ3) is 2.60. The number of aryl methyl sites for hydroxylation is 1. The van der Waals surface area contributed by atoms with E-state index in [0.717, 1.165) is 19.3 Å². The van der Waals surface area contributed by atoms with Gasteiger partial charge in [0.15, 0.2) is 0 Å². The molecule has 3 rings (SSSR count). The average molecular weight is 289 g/mol. The van der Waals surface area contributed by atoms with Gasteiger partial charge in [0.25, 0.3) is 0 Å². The van der Waals surface area contributed by atoms with E-state index in [4.69, 9.17) is 11.6 Å². The Kier molecular flexibility index (Phi) is 3.80. The lowest BCUT2D eigenvalue weighted by molar-refractivity contribution is 0.609. The molecule has 1 aliphatic rings. The maximum absolute atomic E-state index is 13.9. The number of hydrogen-bond acceptors (Lipinski definition) is 0. The summed E-state index contributed by atoms with van der Waals surface area (Å²) < 4.78 is 13.9. The fraction of sp³-hybridized carbons (Fsp3) is 0.333. The minimum Gasteiger partial charge on any atom is -0.207 e. The second-order valence-corrected chi connectivity index (χ2v) is 5.98. The van der Waals surface area contributed by atoms with E-state index in [-0.39, 0.29) is 11.7 Å². The Bertz CT molecular complexity index is 583. The zero-order chi connectivity index (χ0) is 14.1. The number of benzene rings is 2. The molecule has 1 fully saturated rings. The Morgan fingerprint density at radius 3 is 2.50 bits per heavy atom. The molecule has 1 saturated carbocycles. The SMILES string of the molecule is CCCc1ccc([C@H]2C[C@@H]2c2c(F)cccc2Cl)cc1. The van der Waals surface area contributed by atoms with Gasteiger partial charge in [-0.25, -0.2) is 4.39 Å². The van der Waals surface area contributed by atoms with Crippen molar-refractivity contribution in [3.05, 3.63) is 70.0 Å². The van der Waals surface area contributed by atoms with Crippen molar-refractivity contribution in [2.45, 2.75) is 38.0 Å². The van der Waals surface area contributed by atoms with Crippen molar-refractivity contribution >= 4 is 11.6 Å². The van der Waals surface area contributed by atoms with Gasteiger partial charge in [-0.05, 0) is 47.9 Å². The molecule has 1 aliphatic carbocycles. The van der Waals surface area contributed by atoms with Gasteiger partial charge in [-0.15, -0.1) is 0 Å². The second-order valence-electron chi connectivity index (χ2n) is 5.58. The Morgan fingerprint density at radius 1 is 1.10 bits per heavy atom. The first kappa shape index (κ1) is 13.6. The fourth-order valence-corrected chi connectivity index (χ4v) is 3.27. The summed E-state index contributed by atoms with van der Waals surface area (Å²) in [6.45, 7) is 2.19. The summed E-state index contributed by atoms with van der Waals surface area (Å²) in [5, 5.41) is 0.556. The van der Waals surface area contributed by atoms with Crippen molar-refractivity contribution < 1.29 is 4.39 Å². The molecule has 0 spiro atoms. The summed E-state index contributed by atoms with van der Waals surface area (Å²) in [7, 11) is 0. The molecule has 0 N–H and O–H groups in total. The van der Waals surface area contributed by atoms with Crippen LogP contribution in [0.15, 0.2) is 42.5 Å². The summed E-state index contributed by atoms with van der Waals surface area (Å²) in [5.74, 6) is 0.480. The highest BCUT2D eigenvalue weighted by Crippen LogP contribution is 2.56. The molecule has 0 amide bonds. The highest BCUT2D eigenvalue weighted by molar-refractivity contribution is 6.31. The van der Waals surface area contributed by atoms with Crippen LogP contribution in [0.25, 0.3) is 0 Å². The molecule has 104 valence electrons. The summed E-state index contributed by atoms with van der Waals surface area (Å²) in [6.07, 6.45) is 3.28. The van der Waals surface area contributed by atoms with Crippen LogP contribution in [0.4, 0.5) is 4.39 Å². The van der Waals surface area contributed by atoms with Crippen LogP contribution in [0.2, 0.25) is 5.02 Å². The van der Waals surface area contributed by atoms with Gasteiger partial charge < -0.3 is 0 Å². The van der Waals surface area contributed by atoms with Crippen LogP contribution in [0, 0.1) is 5.82 Å². The quantitative estimate of drug-likeness (QED) is 0.677. The minimum atomic E-state index is -0.174. The van der Waals surface area contributed by atoms with Crippen LogP contribution >= 0.6 is 11.6 Å². The third-order valence-corrected chi connectivity index (χ3v) is 4.44. The molecule has 0 aliphatic heterocycles. The highest BCUT2D eigenvalue weighted by atomic mass is 35.5. The van der Waals surface area contributed by atoms with E-state index in [2.05, 4.69) is 31.2 Å². The Morgan fingerprint density at radius 2 is 1.85 bits per heavy atom. The molecule has 2 atom stereocenters. The van der Waals surface area contributed by atoms with Crippen LogP contribution in [0.3, 0.4) is 0 Å². The van der Waals surface area contributed by atoms with Crippen LogP contribution in [0.1, 0.15) is 48.3 Å². The standard InChI is InChI=1S/C18H18ClF/c1-2-4-12-7-9-13(10-8-12)14-11-15(14)18-16(19)5-3-6-17(18)20/h3,5-10,14-15H,2,4,11H2,1H3/t14-,15+/m1/s1. The molecule has 0 radical (unpaired) electrons. The van der Waals surface area contributed by atoms with Crippen molar-refractivity contribution in [3.8, 4) is 0 Å². The van der Waals surface area contributed by atoms with Crippen LogP contribution in [-0.4, -0.2) is 0 Å². The monoisotopic (exact) mass is 288 g/mol. The lowest BCUT2D eigenvalue weighted by Crippen LogP contribution is -1.91. The fourth-order valence-electron chi connectivity index (χ4n) is 2.97. The lowest BCUT2D eigenvalue weighted by Gasteiger charge is -2.06. The molecule has 0 saturated heterocycles. The summed E-state index contributed by atoms with van der Waals surface area (Å²) in [5.41, 5.74) is 3.36. The van der Waals surface area contributed by atoms with Gasteiger partial charge in [0.1, 0.15) is 5.82 Å². The van der Waals surface area contributed by atoms with Gasteiger partial charge >= 0.3 is 0 Å². The molecule has 20 heavy (non-hydrogen) atoms. The zero-order valence-electron chi connectivity index (χ0n) is 11.6. The van der Waals surface area contributed by atoms with Crippen LogP contribution < -0.4 is 0 Å². The Hall–Kier alpha value is -1.34. The van der Waals surface area contributed by atoms with Crippen LogP contribution in [0.5, 0.6) is 0 Å². The van der Waals surface area contributed by atoms with Crippen molar-refractivity contribution in [3.63, 3.8) is 0 Å². The summed E-state index contributed by atoms with van der Waals surface area (Å²) >= 11 is 6.14. The molecule has 0 unspecified atom stereocenters. The maximum Gasteiger partial charge on any atom is 0.128 e. The predicted octanol–water partition coefficient (Wildman–Crippen LogP) is 5.70. The minimum absolute atomic E-state index is 0.174. The van der Waals surface area contributed by atoms with E-state index in [0.29, 0.717) is 16.5 Å². The molecule has 0 aromatic heterocycles. The van der Waals surface area contributed by atoms with E-state index in [1.807, 2.05) is 0 Å². The van der Waals surface area contributed by atoms with Gasteiger partial charge in [0.05, 0.1) is 0 Å². The topological polar surface area (TPSA) is 0 Å². The first-order chi connectivity index (χ1) is 9.70. The number of hydrogen-bond donors (Lipinski definition) is 0. The van der Waals surface area contributed by atoms with Crippen LogP contribution in [-0.2, 0) is 6.42 Å². The maximum atomic E-state index is 13.9. The van der Waals surface area contributed by atoms with Crippen molar-refractivity contribution in [2.24, 2.45) is 0 Å². The smallest absolute Gasteiger partial charge is 0.128 e. The van der Waals surface area contributed by atoms with Gasteiger partial charge in [0.2, 0.25) is 0 Å². The first-order valence-corrected chi connectivity index (χ1v) is 7.61.